The molecule has 1 aliphatic carbocycles. The van der Waals surface area contributed by atoms with E-state index in [1.54, 1.807) is 0 Å². The van der Waals surface area contributed by atoms with Gasteiger partial charge in [0.1, 0.15) is 0 Å². The Kier molecular flexibility index (Phi) is 4.06. The first-order chi connectivity index (χ1) is 7.72. The van der Waals surface area contributed by atoms with E-state index in [9.17, 15) is 4.21 Å². The van der Waals surface area contributed by atoms with E-state index in [1.165, 1.54) is 25.7 Å². The highest BCUT2D eigenvalue weighted by molar-refractivity contribution is 7.86. The minimum absolute atomic E-state index is 0.0981. The SMILES string of the molecule is CCC1(CC)CN(C2CCCC2)CCS1=O. The number of nitrogens with zero attached hydrogens (tertiary/aromatic N) is 1. The topological polar surface area (TPSA) is 20.3 Å². The Morgan fingerprint density at radius 2 is 1.88 bits per heavy atom. The van der Waals surface area contributed by atoms with Crippen molar-refractivity contribution in [2.75, 3.05) is 18.8 Å². The van der Waals surface area contributed by atoms with Gasteiger partial charge in [-0.1, -0.05) is 26.7 Å². The molecule has 16 heavy (non-hydrogen) atoms. The zero-order valence-electron chi connectivity index (χ0n) is 10.7. The van der Waals surface area contributed by atoms with Crippen LogP contribution in [-0.4, -0.2) is 38.7 Å². The lowest BCUT2D eigenvalue weighted by atomic mass is 10.00. The lowest BCUT2D eigenvalue weighted by Gasteiger charge is -2.43. The molecule has 1 saturated carbocycles. The maximum atomic E-state index is 12.2. The number of hydrogen-bond acceptors (Lipinski definition) is 2. The van der Waals surface area contributed by atoms with Crippen molar-refractivity contribution in [3.63, 3.8) is 0 Å². The van der Waals surface area contributed by atoms with Gasteiger partial charge in [-0.25, -0.2) is 0 Å². The molecule has 0 amide bonds. The first kappa shape index (κ1) is 12.6. The zero-order chi connectivity index (χ0) is 11.6. The summed E-state index contributed by atoms with van der Waals surface area (Å²) in [7, 11) is -0.599. The highest BCUT2D eigenvalue weighted by Crippen LogP contribution is 2.33. The van der Waals surface area contributed by atoms with Gasteiger partial charge >= 0.3 is 0 Å². The molecule has 0 radical (unpaired) electrons. The summed E-state index contributed by atoms with van der Waals surface area (Å²) in [6, 6.07) is 0.801. The molecular formula is C13H25NOS. The first-order valence-corrected chi connectivity index (χ1v) is 8.16. The smallest absolute Gasteiger partial charge is 0.0581 e. The molecule has 2 nitrogen and oxygen atoms in total. The summed E-state index contributed by atoms with van der Waals surface area (Å²) in [6.45, 7) is 6.56. The predicted octanol–water partition coefficient (Wildman–Crippen LogP) is 2.55. The molecule has 1 aliphatic heterocycles. The van der Waals surface area contributed by atoms with Crippen LogP contribution in [0.15, 0.2) is 0 Å². The van der Waals surface area contributed by atoms with Crippen molar-refractivity contribution in [1.29, 1.82) is 0 Å². The Morgan fingerprint density at radius 3 is 2.44 bits per heavy atom. The van der Waals surface area contributed by atoms with Crippen LogP contribution < -0.4 is 0 Å². The molecule has 0 spiro atoms. The van der Waals surface area contributed by atoms with Crippen LogP contribution in [0.2, 0.25) is 0 Å². The van der Waals surface area contributed by atoms with Crippen molar-refractivity contribution in [3.05, 3.63) is 0 Å². The van der Waals surface area contributed by atoms with Crippen LogP contribution in [0.4, 0.5) is 0 Å². The Morgan fingerprint density at radius 1 is 1.25 bits per heavy atom. The van der Waals surface area contributed by atoms with Crippen molar-refractivity contribution in [2.45, 2.75) is 63.2 Å². The van der Waals surface area contributed by atoms with Crippen molar-refractivity contribution in [3.8, 4) is 0 Å². The van der Waals surface area contributed by atoms with Crippen LogP contribution in [0, 0.1) is 0 Å². The minimum atomic E-state index is -0.599. The standard InChI is InChI=1S/C13H25NOS/c1-3-13(4-2)11-14(9-10-16(13)15)12-7-5-6-8-12/h12H,3-11H2,1-2H3. The van der Waals surface area contributed by atoms with Crippen LogP contribution in [-0.2, 0) is 10.8 Å². The molecule has 1 saturated heterocycles. The summed E-state index contributed by atoms with van der Waals surface area (Å²) < 4.78 is 12.3. The van der Waals surface area contributed by atoms with Crippen LogP contribution in [0.1, 0.15) is 52.4 Å². The summed E-state index contributed by atoms with van der Waals surface area (Å²) >= 11 is 0. The third-order valence-corrected chi connectivity index (χ3v) is 6.89. The molecule has 1 heterocycles. The highest BCUT2D eigenvalue weighted by Gasteiger charge is 2.40. The van der Waals surface area contributed by atoms with Gasteiger partial charge in [0, 0.05) is 35.7 Å². The molecule has 3 heteroatoms. The molecule has 0 bridgehead atoms. The average molecular weight is 243 g/mol. The predicted molar refractivity (Wildman–Crippen MR) is 70.2 cm³/mol. The fraction of sp³-hybridized carbons (Fsp3) is 1.00. The average Bonchev–Trinajstić information content (AvgIpc) is 2.84. The molecule has 0 N–H and O–H groups in total. The van der Waals surface area contributed by atoms with Crippen LogP contribution >= 0.6 is 0 Å². The third-order valence-electron chi connectivity index (χ3n) is 4.67. The van der Waals surface area contributed by atoms with Gasteiger partial charge < -0.3 is 0 Å². The maximum Gasteiger partial charge on any atom is 0.0581 e. The second-order valence-corrected chi connectivity index (χ2v) is 7.31. The third kappa shape index (κ3) is 2.21. The summed E-state index contributed by atoms with van der Waals surface area (Å²) in [4.78, 5) is 2.64. The van der Waals surface area contributed by atoms with Crippen molar-refractivity contribution >= 4 is 10.8 Å². The maximum absolute atomic E-state index is 12.2. The summed E-state index contributed by atoms with van der Waals surface area (Å²) in [6.07, 6.45) is 7.68. The van der Waals surface area contributed by atoms with Crippen LogP contribution in [0.3, 0.4) is 0 Å². The van der Waals surface area contributed by atoms with Gasteiger partial charge in [-0.3, -0.25) is 9.11 Å². The van der Waals surface area contributed by atoms with Crippen molar-refractivity contribution in [1.82, 2.24) is 4.90 Å². The van der Waals surface area contributed by atoms with Gasteiger partial charge in [-0.2, -0.15) is 0 Å². The fourth-order valence-corrected chi connectivity index (χ4v) is 5.10. The fourth-order valence-electron chi connectivity index (χ4n) is 3.31. The Balaban J connectivity index is 2.06. The minimum Gasteiger partial charge on any atom is -0.298 e. The molecule has 2 rings (SSSR count). The van der Waals surface area contributed by atoms with Gasteiger partial charge in [-0.05, 0) is 25.7 Å². The Labute approximate surface area is 102 Å². The molecule has 1 atom stereocenters. The molecule has 2 fully saturated rings. The normalized spacial score (nSPS) is 32.0. The van der Waals surface area contributed by atoms with E-state index in [0.717, 1.165) is 37.7 Å². The second-order valence-electron chi connectivity index (χ2n) is 5.35. The van der Waals surface area contributed by atoms with Crippen molar-refractivity contribution in [2.24, 2.45) is 0 Å². The summed E-state index contributed by atoms with van der Waals surface area (Å²) in [5.74, 6) is 0.901. The molecule has 1 unspecified atom stereocenters. The van der Waals surface area contributed by atoms with Gasteiger partial charge in [0.15, 0.2) is 0 Å². The van der Waals surface area contributed by atoms with E-state index in [1.807, 2.05) is 0 Å². The van der Waals surface area contributed by atoms with E-state index in [-0.39, 0.29) is 4.75 Å². The largest absolute Gasteiger partial charge is 0.298 e. The lowest BCUT2D eigenvalue weighted by Crippen LogP contribution is -2.55. The number of hydrogen-bond donors (Lipinski definition) is 0. The van der Waals surface area contributed by atoms with E-state index in [4.69, 9.17) is 0 Å². The second kappa shape index (κ2) is 5.18. The van der Waals surface area contributed by atoms with E-state index in [0.29, 0.717) is 0 Å². The summed E-state index contributed by atoms with van der Waals surface area (Å²) in [5, 5.41) is 0. The monoisotopic (exact) mass is 243 g/mol. The van der Waals surface area contributed by atoms with E-state index < -0.39 is 10.8 Å². The molecular weight excluding hydrogens is 218 g/mol. The van der Waals surface area contributed by atoms with Gasteiger partial charge in [-0.15, -0.1) is 0 Å². The molecule has 94 valence electrons. The lowest BCUT2D eigenvalue weighted by molar-refractivity contribution is 0.173. The van der Waals surface area contributed by atoms with Crippen molar-refractivity contribution < 1.29 is 4.21 Å². The Hall–Kier alpha value is 0.110. The van der Waals surface area contributed by atoms with Crippen LogP contribution in [0.25, 0.3) is 0 Å². The summed E-state index contributed by atoms with van der Waals surface area (Å²) in [5.41, 5.74) is 0. The van der Waals surface area contributed by atoms with Gasteiger partial charge in [0.25, 0.3) is 0 Å². The molecule has 0 aromatic rings. The number of rotatable bonds is 3. The van der Waals surface area contributed by atoms with E-state index in [2.05, 4.69) is 18.7 Å². The van der Waals surface area contributed by atoms with Gasteiger partial charge in [0.2, 0.25) is 0 Å². The molecule has 0 aromatic heterocycles. The molecule has 0 aromatic carbocycles. The first-order valence-electron chi connectivity index (χ1n) is 6.84. The molecule has 2 aliphatic rings. The quantitative estimate of drug-likeness (QED) is 0.759. The Bertz CT molecular complexity index is 257. The van der Waals surface area contributed by atoms with E-state index >= 15 is 0 Å². The van der Waals surface area contributed by atoms with Gasteiger partial charge in [0.05, 0.1) is 4.75 Å². The highest BCUT2D eigenvalue weighted by atomic mass is 32.2. The zero-order valence-corrected chi connectivity index (χ0v) is 11.5. The van der Waals surface area contributed by atoms with Crippen LogP contribution in [0.5, 0.6) is 0 Å².